The molecule has 2 aromatic rings. The number of hydrogen-bond donors (Lipinski definition) is 0. The maximum absolute atomic E-state index is 12.3. The zero-order valence-electron chi connectivity index (χ0n) is 13.2. The van der Waals surface area contributed by atoms with Gasteiger partial charge in [0, 0.05) is 12.1 Å². The van der Waals surface area contributed by atoms with E-state index in [-0.39, 0.29) is 0 Å². The first-order valence-corrected chi connectivity index (χ1v) is 8.34. The topological polar surface area (TPSA) is 65.1 Å². The van der Waals surface area contributed by atoms with E-state index in [0.717, 1.165) is 16.0 Å². The average Bonchev–Trinajstić information content (AvgIpc) is 3.22. The Balaban J connectivity index is 2.01. The minimum Gasteiger partial charge on any atom is -0.493 e. The fourth-order valence-corrected chi connectivity index (χ4v) is 4.29. The highest BCUT2D eigenvalue weighted by molar-refractivity contribution is 7.10. The maximum Gasteiger partial charge on any atom is 0.399 e. The van der Waals surface area contributed by atoms with Crippen LogP contribution in [0, 0.1) is 0 Å². The lowest BCUT2D eigenvalue weighted by Gasteiger charge is -2.40. The number of esters is 1. The van der Waals surface area contributed by atoms with Gasteiger partial charge in [0.1, 0.15) is 0 Å². The van der Waals surface area contributed by atoms with Gasteiger partial charge in [-0.25, -0.2) is 4.79 Å². The van der Waals surface area contributed by atoms with Crippen LogP contribution < -0.4 is 9.47 Å². The van der Waals surface area contributed by atoms with Gasteiger partial charge in [-0.3, -0.25) is 9.69 Å². The first-order valence-electron chi connectivity index (χ1n) is 7.46. The molecule has 1 atom stereocenters. The summed E-state index contributed by atoms with van der Waals surface area (Å²) in [5.74, 6) is -0.291. The lowest BCUT2D eigenvalue weighted by atomic mass is 9.88. The number of benzene rings is 1. The fourth-order valence-electron chi connectivity index (χ4n) is 3.41. The smallest absolute Gasteiger partial charge is 0.399 e. The molecular weight excluding hydrogens is 330 g/mol. The van der Waals surface area contributed by atoms with Gasteiger partial charge in [-0.1, -0.05) is 6.07 Å². The van der Waals surface area contributed by atoms with E-state index in [1.165, 1.54) is 16.2 Å². The Morgan fingerprint density at radius 1 is 1.21 bits per heavy atom. The van der Waals surface area contributed by atoms with Gasteiger partial charge in [0.2, 0.25) is 0 Å². The first kappa shape index (κ1) is 15.0. The van der Waals surface area contributed by atoms with E-state index < -0.39 is 17.6 Å². The van der Waals surface area contributed by atoms with Crippen molar-refractivity contribution < 1.29 is 23.8 Å². The lowest BCUT2D eigenvalue weighted by Crippen LogP contribution is -2.49. The predicted octanol–water partition coefficient (Wildman–Crippen LogP) is 1.91. The monoisotopic (exact) mass is 345 g/mol. The van der Waals surface area contributed by atoms with Crippen LogP contribution in [0.1, 0.15) is 16.0 Å². The van der Waals surface area contributed by atoms with Crippen molar-refractivity contribution in [1.29, 1.82) is 0 Å². The molecule has 2 aliphatic rings. The van der Waals surface area contributed by atoms with Crippen molar-refractivity contribution in [2.75, 3.05) is 20.8 Å². The Bertz CT molecular complexity index is 832. The van der Waals surface area contributed by atoms with Crippen LogP contribution in [0.15, 0.2) is 29.6 Å². The third-order valence-electron chi connectivity index (χ3n) is 4.47. The van der Waals surface area contributed by atoms with E-state index in [1.54, 1.807) is 20.3 Å². The minimum atomic E-state index is -1.21. The Morgan fingerprint density at radius 2 is 1.96 bits per heavy atom. The second-order valence-corrected chi connectivity index (χ2v) is 6.53. The lowest BCUT2D eigenvalue weighted by molar-refractivity contribution is -0.152. The van der Waals surface area contributed by atoms with Crippen molar-refractivity contribution in [2.24, 2.45) is 0 Å². The molecule has 7 heteroatoms. The number of methoxy groups -OCH3 is 2. The normalized spacial score (nSPS) is 22.0. The van der Waals surface area contributed by atoms with Gasteiger partial charge in [-0.15, -0.1) is 11.3 Å². The third-order valence-corrected chi connectivity index (χ3v) is 5.43. The Hall–Kier alpha value is -2.54. The van der Waals surface area contributed by atoms with Crippen LogP contribution in [0.3, 0.4) is 0 Å². The summed E-state index contributed by atoms with van der Waals surface area (Å²) in [4.78, 5) is 26.7. The molecule has 1 amide bonds. The zero-order valence-corrected chi connectivity index (χ0v) is 14.0. The fraction of sp³-hybridized carbons (Fsp3) is 0.294. The predicted molar refractivity (Wildman–Crippen MR) is 86.2 cm³/mol. The number of ether oxygens (including phenoxy) is 3. The minimum absolute atomic E-state index is 0.408. The highest BCUT2D eigenvalue weighted by Crippen LogP contribution is 2.49. The summed E-state index contributed by atoms with van der Waals surface area (Å²) in [6.07, 6.45) is 0.616. The molecule has 3 heterocycles. The molecule has 4 rings (SSSR count). The van der Waals surface area contributed by atoms with Crippen LogP contribution in [0.5, 0.6) is 11.5 Å². The summed E-state index contributed by atoms with van der Waals surface area (Å²) in [7, 11) is 3.13. The number of thiophene rings is 1. The zero-order chi connectivity index (χ0) is 16.9. The van der Waals surface area contributed by atoms with Crippen LogP contribution in [-0.4, -0.2) is 37.5 Å². The van der Waals surface area contributed by atoms with Crippen molar-refractivity contribution >= 4 is 23.2 Å². The Kier molecular flexibility index (Phi) is 3.28. The summed E-state index contributed by atoms with van der Waals surface area (Å²) in [6.45, 7) is 0.408. The summed E-state index contributed by atoms with van der Waals surface area (Å²) in [5, 5.41) is 1.90. The van der Waals surface area contributed by atoms with Gasteiger partial charge in [0.05, 0.1) is 19.1 Å². The highest BCUT2D eigenvalue weighted by Gasteiger charge is 2.58. The number of rotatable bonds is 3. The molecule has 1 unspecified atom stereocenters. The van der Waals surface area contributed by atoms with Crippen LogP contribution in [0.25, 0.3) is 0 Å². The number of hydrogen-bond acceptors (Lipinski definition) is 6. The standard InChI is InChI=1S/C17H15NO5S/c1-21-12-8-10-5-6-18-15(19)16(20)23-17(18,14-4-3-7-24-14)11(10)9-13(12)22-2/h3-4,7-9H,5-6H2,1-2H3. The molecule has 6 nitrogen and oxygen atoms in total. The number of nitrogens with zero attached hydrogens (tertiary/aromatic N) is 1. The second kappa shape index (κ2) is 5.24. The van der Waals surface area contributed by atoms with E-state index >= 15 is 0 Å². The Morgan fingerprint density at radius 3 is 2.62 bits per heavy atom. The summed E-state index contributed by atoms with van der Waals surface area (Å²) < 4.78 is 16.4. The molecule has 24 heavy (non-hydrogen) atoms. The van der Waals surface area contributed by atoms with E-state index in [1.807, 2.05) is 23.6 Å². The van der Waals surface area contributed by atoms with Gasteiger partial charge < -0.3 is 14.2 Å². The molecule has 0 N–H and O–H groups in total. The third kappa shape index (κ3) is 1.81. The SMILES string of the molecule is COc1cc2c(cc1OC)C1(c3cccs3)OC(=O)C(=O)N1CC2. The van der Waals surface area contributed by atoms with Crippen molar-refractivity contribution in [3.63, 3.8) is 0 Å². The summed E-state index contributed by atoms with van der Waals surface area (Å²) in [5.41, 5.74) is 0.503. The summed E-state index contributed by atoms with van der Waals surface area (Å²) in [6, 6.07) is 7.43. The molecule has 124 valence electrons. The van der Waals surface area contributed by atoms with Crippen molar-refractivity contribution in [1.82, 2.24) is 4.90 Å². The maximum atomic E-state index is 12.3. The van der Waals surface area contributed by atoms with Crippen LogP contribution in [-0.2, 0) is 26.5 Å². The average molecular weight is 345 g/mol. The number of fused-ring (bicyclic) bond motifs is 3. The van der Waals surface area contributed by atoms with Crippen LogP contribution in [0.2, 0.25) is 0 Å². The van der Waals surface area contributed by atoms with Crippen molar-refractivity contribution in [2.45, 2.75) is 12.1 Å². The molecule has 0 radical (unpaired) electrons. The van der Waals surface area contributed by atoms with E-state index in [4.69, 9.17) is 14.2 Å². The number of amides is 1. The molecule has 1 fully saturated rings. The van der Waals surface area contributed by atoms with Gasteiger partial charge in [-0.2, -0.15) is 0 Å². The molecule has 1 saturated heterocycles. The molecule has 1 aromatic heterocycles. The molecular formula is C17H15NO5S. The van der Waals surface area contributed by atoms with Gasteiger partial charge in [0.25, 0.3) is 5.72 Å². The number of carbonyl (C=O) groups excluding carboxylic acids is 2. The van der Waals surface area contributed by atoms with Crippen LogP contribution in [0.4, 0.5) is 0 Å². The van der Waals surface area contributed by atoms with E-state index in [0.29, 0.717) is 24.5 Å². The molecule has 0 saturated carbocycles. The van der Waals surface area contributed by atoms with Gasteiger partial charge in [-0.05, 0) is 35.6 Å². The van der Waals surface area contributed by atoms with Gasteiger partial charge >= 0.3 is 11.9 Å². The van der Waals surface area contributed by atoms with E-state index in [9.17, 15) is 9.59 Å². The quantitative estimate of drug-likeness (QED) is 0.628. The first-order chi connectivity index (χ1) is 11.6. The van der Waals surface area contributed by atoms with Crippen molar-refractivity contribution in [3.05, 3.63) is 45.6 Å². The molecule has 1 aromatic carbocycles. The second-order valence-electron chi connectivity index (χ2n) is 5.58. The summed E-state index contributed by atoms with van der Waals surface area (Å²) >= 11 is 1.44. The molecule has 0 aliphatic carbocycles. The van der Waals surface area contributed by atoms with Gasteiger partial charge in [0.15, 0.2) is 11.5 Å². The van der Waals surface area contributed by atoms with Crippen molar-refractivity contribution in [3.8, 4) is 11.5 Å². The molecule has 2 aliphatic heterocycles. The molecule has 0 spiro atoms. The highest BCUT2D eigenvalue weighted by atomic mass is 32.1. The Labute approximate surface area is 142 Å². The van der Waals surface area contributed by atoms with E-state index in [2.05, 4.69) is 0 Å². The largest absolute Gasteiger partial charge is 0.493 e. The number of carbonyl (C=O) groups is 2. The van der Waals surface area contributed by atoms with Crippen LogP contribution >= 0.6 is 11.3 Å². The molecule has 0 bridgehead atoms.